The Balaban J connectivity index is 1.58. The predicted molar refractivity (Wildman–Crippen MR) is 92.8 cm³/mol. The SMILES string of the molecule is Clc1cc(CN2CCO[C@H](c3nccs3)C2)c2ncccc2c1. The van der Waals surface area contributed by atoms with Gasteiger partial charge in [0.25, 0.3) is 0 Å². The van der Waals surface area contributed by atoms with Gasteiger partial charge in [-0.25, -0.2) is 4.98 Å². The van der Waals surface area contributed by atoms with E-state index in [1.165, 1.54) is 0 Å². The molecule has 0 amide bonds. The van der Waals surface area contributed by atoms with Crippen LogP contribution in [0.4, 0.5) is 0 Å². The van der Waals surface area contributed by atoms with Crippen molar-refractivity contribution in [1.82, 2.24) is 14.9 Å². The quantitative estimate of drug-likeness (QED) is 0.721. The fraction of sp³-hybridized carbons (Fsp3) is 0.294. The third-order valence-corrected chi connectivity index (χ3v) is 5.11. The molecule has 0 bridgehead atoms. The van der Waals surface area contributed by atoms with Crippen molar-refractivity contribution >= 4 is 33.8 Å². The zero-order chi connectivity index (χ0) is 15.6. The van der Waals surface area contributed by atoms with Gasteiger partial charge >= 0.3 is 0 Å². The fourth-order valence-electron chi connectivity index (χ4n) is 2.98. The number of fused-ring (bicyclic) bond motifs is 1. The van der Waals surface area contributed by atoms with E-state index in [4.69, 9.17) is 16.3 Å². The number of rotatable bonds is 3. The van der Waals surface area contributed by atoms with Crippen molar-refractivity contribution in [2.24, 2.45) is 0 Å². The Kier molecular flexibility index (Phi) is 4.27. The first-order valence-corrected chi connectivity index (χ1v) is 8.82. The lowest BCUT2D eigenvalue weighted by Crippen LogP contribution is -2.37. The number of pyridine rings is 1. The first kappa shape index (κ1) is 15.0. The van der Waals surface area contributed by atoms with Crippen LogP contribution in [-0.4, -0.2) is 34.6 Å². The molecule has 4 nitrogen and oxygen atoms in total. The van der Waals surface area contributed by atoms with Crippen LogP contribution in [0, 0.1) is 0 Å². The van der Waals surface area contributed by atoms with Crippen molar-refractivity contribution < 1.29 is 4.74 Å². The highest BCUT2D eigenvalue weighted by Gasteiger charge is 2.24. The van der Waals surface area contributed by atoms with Crippen molar-refractivity contribution in [3.63, 3.8) is 0 Å². The van der Waals surface area contributed by atoms with Crippen molar-refractivity contribution in [2.45, 2.75) is 12.6 Å². The van der Waals surface area contributed by atoms with Crippen LogP contribution in [-0.2, 0) is 11.3 Å². The van der Waals surface area contributed by atoms with Crippen LogP contribution in [0.15, 0.2) is 42.0 Å². The molecule has 118 valence electrons. The standard InChI is InChI=1S/C17H16ClN3OS/c18-14-8-12-2-1-3-19-16(12)13(9-14)10-21-5-6-22-15(11-21)17-20-4-7-23-17/h1-4,7-9,15H,5-6,10-11H2/t15-/m0/s1. The molecule has 0 saturated carbocycles. The lowest BCUT2D eigenvalue weighted by molar-refractivity contribution is -0.0328. The van der Waals surface area contributed by atoms with E-state index >= 15 is 0 Å². The molecule has 1 aromatic carbocycles. The van der Waals surface area contributed by atoms with E-state index in [1.807, 2.05) is 36.0 Å². The number of nitrogens with zero attached hydrogens (tertiary/aromatic N) is 3. The van der Waals surface area contributed by atoms with Gasteiger partial charge in [-0.1, -0.05) is 17.7 Å². The molecule has 0 spiro atoms. The van der Waals surface area contributed by atoms with E-state index in [2.05, 4.69) is 20.9 Å². The fourth-order valence-corrected chi connectivity index (χ4v) is 3.90. The van der Waals surface area contributed by atoms with Gasteiger partial charge in [0.1, 0.15) is 11.1 Å². The highest BCUT2D eigenvalue weighted by atomic mass is 35.5. The molecular formula is C17H16ClN3OS. The third-order valence-electron chi connectivity index (χ3n) is 4.02. The predicted octanol–water partition coefficient (Wildman–Crippen LogP) is 3.92. The Morgan fingerprint density at radius 3 is 3.13 bits per heavy atom. The van der Waals surface area contributed by atoms with Gasteiger partial charge in [0.15, 0.2) is 0 Å². The van der Waals surface area contributed by atoms with Crippen LogP contribution in [0.3, 0.4) is 0 Å². The molecule has 1 saturated heterocycles. The molecule has 1 atom stereocenters. The molecule has 0 radical (unpaired) electrons. The summed E-state index contributed by atoms with van der Waals surface area (Å²) in [5.74, 6) is 0. The lowest BCUT2D eigenvalue weighted by atomic mass is 10.1. The summed E-state index contributed by atoms with van der Waals surface area (Å²) in [5.41, 5.74) is 2.18. The molecule has 3 aromatic rings. The molecule has 23 heavy (non-hydrogen) atoms. The van der Waals surface area contributed by atoms with Gasteiger partial charge in [-0.15, -0.1) is 11.3 Å². The topological polar surface area (TPSA) is 38.2 Å². The van der Waals surface area contributed by atoms with Gasteiger partial charge in [-0.05, 0) is 23.8 Å². The van der Waals surface area contributed by atoms with Crippen LogP contribution in [0.1, 0.15) is 16.7 Å². The van der Waals surface area contributed by atoms with E-state index in [0.717, 1.165) is 52.7 Å². The van der Waals surface area contributed by atoms with Crippen molar-refractivity contribution in [3.05, 3.63) is 57.6 Å². The van der Waals surface area contributed by atoms with Gasteiger partial charge in [0.05, 0.1) is 12.1 Å². The molecule has 0 N–H and O–H groups in total. The van der Waals surface area contributed by atoms with Crippen LogP contribution < -0.4 is 0 Å². The number of halogens is 1. The molecule has 0 aliphatic carbocycles. The zero-order valence-electron chi connectivity index (χ0n) is 12.5. The van der Waals surface area contributed by atoms with Crippen LogP contribution >= 0.6 is 22.9 Å². The second-order valence-electron chi connectivity index (χ2n) is 5.60. The van der Waals surface area contributed by atoms with E-state index in [1.54, 1.807) is 11.3 Å². The lowest BCUT2D eigenvalue weighted by Gasteiger charge is -2.32. The van der Waals surface area contributed by atoms with Gasteiger partial charge in [0, 0.05) is 47.8 Å². The van der Waals surface area contributed by atoms with Gasteiger partial charge in [-0.3, -0.25) is 9.88 Å². The number of morpholine rings is 1. The Labute approximate surface area is 143 Å². The van der Waals surface area contributed by atoms with E-state index in [-0.39, 0.29) is 6.10 Å². The molecule has 6 heteroatoms. The molecule has 4 rings (SSSR count). The van der Waals surface area contributed by atoms with Gasteiger partial charge in [0.2, 0.25) is 0 Å². The van der Waals surface area contributed by atoms with E-state index in [9.17, 15) is 0 Å². The van der Waals surface area contributed by atoms with Crippen molar-refractivity contribution in [3.8, 4) is 0 Å². The minimum Gasteiger partial charge on any atom is -0.368 e. The van der Waals surface area contributed by atoms with E-state index < -0.39 is 0 Å². The number of benzene rings is 1. The number of hydrogen-bond donors (Lipinski definition) is 0. The summed E-state index contributed by atoms with van der Waals surface area (Å²) in [6, 6.07) is 7.97. The largest absolute Gasteiger partial charge is 0.368 e. The summed E-state index contributed by atoms with van der Waals surface area (Å²) in [6.07, 6.45) is 3.72. The number of ether oxygens (including phenoxy) is 1. The normalized spacial score (nSPS) is 19.3. The van der Waals surface area contributed by atoms with Crippen LogP contribution in [0.25, 0.3) is 10.9 Å². The van der Waals surface area contributed by atoms with Crippen LogP contribution in [0.2, 0.25) is 5.02 Å². The summed E-state index contributed by atoms with van der Waals surface area (Å²) in [6.45, 7) is 3.28. The smallest absolute Gasteiger partial charge is 0.123 e. The minimum absolute atomic E-state index is 0.0576. The van der Waals surface area contributed by atoms with Crippen molar-refractivity contribution in [1.29, 1.82) is 0 Å². The van der Waals surface area contributed by atoms with Crippen molar-refractivity contribution in [2.75, 3.05) is 19.7 Å². The second-order valence-corrected chi connectivity index (χ2v) is 6.97. The van der Waals surface area contributed by atoms with E-state index in [0.29, 0.717) is 0 Å². The average molecular weight is 346 g/mol. The molecular weight excluding hydrogens is 330 g/mol. The first-order valence-electron chi connectivity index (χ1n) is 7.56. The highest BCUT2D eigenvalue weighted by molar-refractivity contribution is 7.09. The maximum Gasteiger partial charge on any atom is 0.123 e. The van der Waals surface area contributed by atoms with Crippen LogP contribution in [0.5, 0.6) is 0 Å². The first-order chi connectivity index (χ1) is 11.3. The number of aromatic nitrogens is 2. The summed E-state index contributed by atoms with van der Waals surface area (Å²) in [5, 5.41) is 4.88. The third kappa shape index (κ3) is 3.23. The molecule has 2 aromatic heterocycles. The summed E-state index contributed by atoms with van der Waals surface area (Å²) in [4.78, 5) is 11.3. The summed E-state index contributed by atoms with van der Waals surface area (Å²) >= 11 is 7.92. The molecule has 0 unspecified atom stereocenters. The Bertz CT molecular complexity index is 809. The summed E-state index contributed by atoms with van der Waals surface area (Å²) in [7, 11) is 0. The molecule has 1 aliphatic rings. The highest BCUT2D eigenvalue weighted by Crippen LogP contribution is 2.27. The summed E-state index contributed by atoms with van der Waals surface area (Å²) < 4.78 is 5.87. The average Bonchev–Trinajstić information content (AvgIpc) is 3.09. The minimum atomic E-state index is 0.0576. The molecule has 1 fully saturated rings. The van der Waals surface area contributed by atoms with Gasteiger partial charge < -0.3 is 4.74 Å². The Hall–Kier alpha value is -1.53. The maximum atomic E-state index is 6.27. The number of hydrogen-bond acceptors (Lipinski definition) is 5. The zero-order valence-corrected chi connectivity index (χ0v) is 14.1. The van der Waals surface area contributed by atoms with Gasteiger partial charge in [-0.2, -0.15) is 0 Å². The maximum absolute atomic E-state index is 6.27. The Morgan fingerprint density at radius 2 is 2.26 bits per heavy atom. The molecule has 3 heterocycles. The second kappa shape index (κ2) is 6.53. The molecule has 1 aliphatic heterocycles. The Morgan fingerprint density at radius 1 is 1.30 bits per heavy atom. The number of thiazole rings is 1. The monoisotopic (exact) mass is 345 g/mol.